The zero-order valence-corrected chi connectivity index (χ0v) is 15.4. The van der Waals surface area contributed by atoms with Crippen LogP contribution in [0.2, 0.25) is 5.02 Å². The van der Waals surface area contributed by atoms with Gasteiger partial charge in [0.2, 0.25) is 0 Å². The van der Waals surface area contributed by atoms with Crippen LogP contribution < -0.4 is 10.6 Å². The highest BCUT2D eigenvalue weighted by atomic mass is 127. The number of guanidine groups is 1. The van der Waals surface area contributed by atoms with Gasteiger partial charge in [-0.15, -0.1) is 24.0 Å². The van der Waals surface area contributed by atoms with Crippen molar-refractivity contribution in [3.05, 3.63) is 34.9 Å². The molecule has 21 heavy (non-hydrogen) atoms. The number of hydrogen-bond acceptors (Lipinski definition) is 1. The van der Waals surface area contributed by atoms with Crippen LogP contribution in [0.4, 0.5) is 0 Å². The monoisotopic (exact) mass is 419 g/mol. The Morgan fingerprint density at radius 2 is 2.00 bits per heavy atom. The molecule has 3 rings (SSSR count). The van der Waals surface area contributed by atoms with Gasteiger partial charge in [0, 0.05) is 25.2 Å². The fourth-order valence-electron chi connectivity index (χ4n) is 2.89. The van der Waals surface area contributed by atoms with Crippen molar-refractivity contribution in [3.63, 3.8) is 0 Å². The van der Waals surface area contributed by atoms with Gasteiger partial charge in [0.05, 0.1) is 0 Å². The number of nitrogens with zero attached hydrogens (tertiary/aromatic N) is 1. The van der Waals surface area contributed by atoms with Gasteiger partial charge in [-0.1, -0.05) is 29.8 Å². The zero-order valence-electron chi connectivity index (χ0n) is 12.4. The van der Waals surface area contributed by atoms with Crippen molar-refractivity contribution in [1.29, 1.82) is 0 Å². The van der Waals surface area contributed by atoms with Crippen LogP contribution in [0.3, 0.4) is 0 Å². The van der Waals surface area contributed by atoms with Crippen molar-refractivity contribution in [3.8, 4) is 0 Å². The lowest BCUT2D eigenvalue weighted by Crippen LogP contribution is -2.40. The van der Waals surface area contributed by atoms with E-state index in [2.05, 4.69) is 15.6 Å². The van der Waals surface area contributed by atoms with Crippen molar-refractivity contribution in [2.45, 2.75) is 32.2 Å². The van der Waals surface area contributed by atoms with E-state index < -0.39 is 0 Å². The van der Waals surface area contributed by atoms with E-state index >= 15 is 0 Å². The van der Waals surface area contributed by atoms with Gasteiger partial charge in [0.1, 0.15) is 0 Å². The van der Waals surface area contributed by atoms with E-state index in [1.807, 2.05) is 31.3 Å². The number of benzene rings is 1. The molecule has 2 N–H and O–H groups in total. The van der Waals surface area contributed by atoms with E-state index in [9.17, 15) is 0 Å². The molecule has 0 radical (unpaired) electrons. The lowest BCUT2D eigenvalue weighted by Gasteiger charge is -2.18. The molecule has 1 aromatic carbocycles. The molecule has 0 amide bonds. The summed E-state index contributed by atoms with van der Waals surface area (Å²) in [5.74, 6) is 1.84. The van der Waals surface area contributed by atoms with Gasteiger partial charge in [0.15, 0.2) is 5.96 Å². The second-order valence-corrected chi connectivity index (χ2v) is 6.41. The summed E-state index contributed by atoms with van der Waals surface area (Å²) in [6.07, 6.45) is 5.61. The minimum atomic E-state index is 0. The third kappa shape index (κ3) is 4.25. The molecule has 116 valence electrons. The maximum absolute atomic E-state index is 6.16. The zero-order chi connectivity index (χ0) is 14.0. The van der Waals surface area contributed by atoms with Gasteiger partial charge in [0.25, 0.3) is 0 Å². The van der Waals surface area contributed by atoms with Crippen molar-refractivity contribution >= 4 is 41.5 Å². The fourth-order valence-corrected chi connectivity index (χ4v) is 3.09. The lowest BCUT2D eigenvalue weighted by molar-refractivity contribution is 0.431. The maximum atomic E-state index is 6.16. The molecule has 0 spiro atoms. The highest BCUT2D eigenvalue weighted by molar-refractivity contribution is 14.0. The number of rotatable bonds is 5. The molecule has 0 bridgehead atoms. The molecule has 0 heterocycles. The van der Waals surface area contributed by atoms with Gasteiger partial charge in [-0.05, 0) is 48.6 Å². The Labute approximate surface area is 149 Å². The van der Waals surface area contributed by atoms with Crippen LogP contribution in [0, 0.1) is 11.3 Å². The number of halogens is 2. The molecular weight excluding hydrogens is 397 g/mol. The minimum absolute atomic E-state index is 0. The van der Waals surface area contributed by atoms with Crippen molar-refractivity contribution in [2.24, 2.45) is 16.3 Å². The number of nitrogens with one attached hydrogen (secondary N) is 2. The molecule has 0 atom stereocenters. The first-order chi connectivity index (χ1) is 9.73. The Morgan fingerprint density at radius 3 is 2.57 bits per heavy atom. The molecule has 3 nitrogen and oxygen atoms in total. The Hall–Kier alpha value is -0.490. The standard InChI is InChI=1S/C16H22ClN3.HI/c1-18-15(19-10-12-4-2-3-5-14(12)17)20-11-16(8-9-16)13-6-7-13;/h2-5,13H,6-11H2,1H3,(H2,18,19,20);1H. The summed E-state index contributed by atoms with van der Waals surface area (Å²) < 4.78 is 0. The smallest absolute Gasteiger partial charge is 0.191 e. The SMILES string of the molecule is CN=C(NCc1ccccc1Cl)NCC1(C2CC2)CC1.I. The molecule has 1 aromatic rings. The maximum Gasteiger partial charge on any atom is 0.191 e. The molecular formula is C16H23ClIN3. The van der Waals surface area contributed by atoms with Crippen molar-refractivity contribution in [1.82, 2.24) is 10.6 Å². The van der Waals surface area contributed by atoms with Crippen LogP contribution in [0.5, 0.6) is 0 Å². The quantitative estimate of drug-likeness (QED) is 0.432. The van der Waals surface area contributed by atoms with Crippen LogP contribution in [-0.2, 0) is 6.54 Å². The van der Waals surface area contributed by atoms with Crippen LogP contribution in [0.25, 0.3) is 0 Å². The van der Waals surface area contributed by atoms with Crippen molar-refractivity contribution in [2.75, 3.05) is 13.6 Å². The predicted molar refractivity (Wildman–Crippen MR) is 99.5 cm³/mol. The van der Waals surface area contributed by atoms with Gasteiger partial charge in [-0.25, -0.2) is 0 Å². The average molecular weight is 420 g/mol. The summed E-state index contributed by atoms with van der Waals surface area (Å²) in [6, 6.07) is 7.91. The summed E-state index contributed by atoms with van der Waals surface area (Å²) in [6.45, 7) is 1.76. The van der Waals surface area contributed by atoms with E-state index in [4.69, 9.17) is 11.6 Å². The second kappa shape index (κ2) is 7.18. The summed E-state index contributed by atoms with van der Waals surface area (Å²) in [4.78, 5) is 4.29. The minimum Gasteiger partial charge on any atom is -0.356 e. The highest BCUT2D eigenvalue weighted by Gasteiger charge is 2.53. The van der Waals surface area contributed by atoms with Crippen LogP contribution in [0.15, 0.2) is 29.3 Å². The lowest BCUT2D eigenvalue weighted by atomic mass is 10.0. The van der Waals surface area contributed by atoms with Gasteiger partial charge in [-0.2, -0.15) is 0 Å². The number of hydrogen-bond donors (Lipinski definition) is 2. The Kier molecular flexibility index (Phi) is 5.77. The van der Waals surface area contributed by atoms with E-state index in [0.717, 1.165) is 29.0 Å². The first-order valence-corrected chi connectivity index (χ1v) is 7.79. The molecule has 0 unspecified atom stereocenters. The van der Waals surface area contributed by atoms with Crippen LogP contribution >= 0.6 is 35.6 Å². The third-order valence-corrected chi connectivity index (χ3v) is 4.94. The summed E-state index contributed by atoms with van der Waals surface area (Å²) in [5, 5.41) is 7.62. The van der Waals surface area contributed by atoms with E-state index in [1.54, 1.807) is 0 Å². The predicted octanol–water partition coefficient (Wildman–Crippen LogP) is 3.81. The summed E-state index contributed by atoms with van der Waals surface area (Å²) in [5.41, 5.74) is 1.68. The molecule has 2 aliphatic carbocycles. The summed E-state index contributed by atoms with van der Waals surface area (Å²) >= 11 is 6.16. The van der Waals surface area contributed by atoms with E-state index in [-0.39, 0.29) is 24.0 Å². The molecule has 0 aromatic heterocycles. The topological polar surface area (TPSA) is 36.4 Å². The van der Waals surface area contributed by atoms with E-state index in [1.165, 1.54) is 25.7 Å². The van der Waals surface area contributed by atoms with Gasteiger partial charge < -0.3 is 10.6 Å². The summed E-state index contributed by atoms with van der Waals surface area (Å²) in [7, 11) is 1.82. The highest BCUT2D eigenvalue weighted by Crippen LogP contribution is 2.60. The Bertz CT molecular complexity index is 510. The normalized spacial score (nSPS) is 19.6. The van der Waals surface area contributed by atoms with Crippen LogP contribution in [0.1, 0.15) is 31.2 Å². The molecule has 5 heteroatoms. The molecule has 2 saturated carbocycles. The molecule has 0 aliphatic heterocycles. The average Bonchev–Trinajstić information content (AvgIpc) is 3.33. The first-order valence-electron chi connectivity index (χ1n) is 7.41. The second-order valence-electron chi connectivity index (χ2n) is 6.01. The van der Waals surface area contributed by atoms with Crippen LogP contribution in [-0.4, -0.2) is 19.6 Å². The van der Waals surface area contributed by atoms with Crippen molar-refractivity contribution < 1.29 is 0 Å². The van der Waals surface area contributed by atoms with E-state index in [0.29, 0.717) is 12.0 Å². The molecule has 0 saturated heterocycles. The third-order valence-electron chi connectivity index (χ3n) is 4.57. The fraction of sp³-hybridized carbons (Fsp3) is 0.562. The van der Waals surface area contributed by atoms with Gasteiger partial charge >= 0.3 is 0 Å². The molecule has 2 aliphatic rings. The molecule has 2 fully saturated rings. The Morgan fingerprint density at radius 1 is 1.29 bits per heavy atom. The number of aliphatic imine (C=N–C) groups is 1. The first kappa shape index (κ1) is 16.9. The Balaban J connectivity index is 0.00000161. The largest absolute Gasteiger partial charge is 0.356 e. The van der Waals surface area contributed by atoms with Gasteiger partial charge in [-0.3, -0.25) is 4.99 Å².